The molecule has 0 aromatic heterocycles. The summed E-state index contributed by atoms with van der Waals surface area (Å²) in [5.74, 6) is 0. The third kappa shape index (κ3) is 3.52. The van der Waals surface area contributed by atoms with Gasteiger partial charge < -0.3 is 4.55 Å². The van der Waals surface area contributed by atoms with E-state index in [1.165, 1.54) is 0 Å². The second-order valence-electron chi connectivity index (χ2n) is 2.83. The molecule has 0 aromatic rings. The standard InChI is InChI=1S/C6H11ClO3S.Na/c7-5-3-1-2-4-6(5)11(8,9)10;/h5-6H,1-4H2,(H,8,9,10);/q;+1/p-1/t5-,6-;/m0./s1. The Balaban J connectivity index is 0.00000121. The Labute approximate surface area is 99.9 Å². The van der Waals surface area contributed by atoms with Crippen LogP contribution < -0.4 is 29.6 Å². The zero-order chi connectivity index (χ0) is 8.48. The van der Waals surface area contributed by atoms with E-state index in [9.17, 15) is 13.0 Å². The summed E-state index contributed by atoms with van der Waals surface area (Å²) in [5.41, 5.74) is 0. The number of hydrogen-bond acceptors (Lipinski definition) is 3. The van der Waals surface area contributed by atoms with Gasteiger partial charge in [0.1, 0.15) is 0 Å². The van der Waals surface area contributed by atoms with E-state index < -0.39 is 20.7 Å². The molecule has 12 heavy (non-hydrogen) atoms. The zero-order valence-corrected chi connectivity index (χ0v) is 10.6. The van der Waals surface area contributed by atoms with E-state index in [0.717, 1.165) is 12.8 Å². The van der Waals surface area contributed by atoms with Crippen LogP contribution in [-0.2, 0) is 10.1 Å². The summed E-state index contributed by atoms with van der Waals surface area (Å²) in [5, 5.41) is -1.32. The van der Waals surface area contributed by atoms with Gasteiger partial charge in [0.05, 0.1) is 15.4 Å². The third-order valence-corrected chi connectivity index (χ3v) is 3.97. The molecule has 0 bridgehead atoms. The molecule has 6 heteroatoms. The van der Waals surface area contributed by atoms with E-state index >= 15 is 0 Å². The van der Waals surface area contributed by atoms with Crippen molar-refractivity contribution in [3.63, 3.8) is 0 Å². The first-order valence-corrected chi connectivity index (χ1v) is 5.51. The summed E-state index contributed by atoms with van der Waals surface area (Å²) in [6.45, 7) is 0. The molecule has 0 amide bonds. The van der Waals surface area contributed by atoms with Crippen LogP contribution in [0.25, 0.3) is 0 Å². The Kier molecular flexibility index (Phi) is 5.69. The summed E-state index contributed by atoms with van der Waals surface area (Å²) < 4.78 is 31.7. The predicted octanol–water partition coefficient (Wildman–Crippen LogP) is -1.91. The van der Waals surface area contributed by atoms with Crippen molar-refractivity contribution in [1.29, 1.82) is 0 Å². The van der Waals surface area contributed by atoms with E-state index in [4.69, 9.17) is 11.6 Å². The molecule has 0 N–H and O–H groups in total. The summed E-state index contributed by atoms with van der Waals surface area (Å²) in [4.78, 5) is 0. The Morgan fingerprint density at radius 2 is 1.75 bits per heavy atom. The molecule has 1 saturated carbocycles. The molecule has 1 aliphatic rings. The Hall–Kier alpha value is 1.20. The molecule has 0 spiro atoms. The van der Waals surface area contributed by atoms with Crippen LogP contribution in [0, 0.1) is 0 Å². The van der Waals surface area contributed by atoms with Crippen molar-refractivity contribution >= 4 is 21.7 Å². The van der Waals surface area contributed by atoms with Crippen molar-refractivity contribution in [1.82, 2.24) is 0 Å². The minimum atomic E-state index is -4.16. The SMILES string of the molecule is O=S(=O)([O-])[C@H]1CCCC[C@@H]1Cl.[Na+]. The largest absolute Gasteiger partial charge is 1.00 e. The molecule has 1 aliphatic carbocycles. The van der Waals surface area contributed by atoms with Gasteiger partial charge in [-0.05, 0) is 12.8 Å². The van der Waals surface area contributed by atoms with Gasteiger partial charge in [-0.2, -0.15) is 0 Å². The van der Waals surface area contributed by atoms with Crippen molar-refractivity contribution in [3.8, 4) is 0 Å². The van der Waals surface area contributed by atoms with Gasteiger partial charge in [-0.3, -0.25) is 0 Å². The first-order valence-electron chi connectivity index (χ1n) is 3.60. The number of hydrogen-bond donors (Lipinski definition) is 0. The average Bonchev–Trinajstić information content (AvgIpc) is 1.86. The molecule has 2 atom stereocenters. The van der Waals surface area contributed by atoms with Crippen LogP contribution in [0.4, 0.5) is 0 Å². The average molecular weight is 221 g/mol. The molecule has 3 nitrogen and oxygen atoms in total. The molecule has 0 unspecified atom stereocenters. The van der Waals surface area contributed by atoms with Crippen molar-refractivity contribution < 1.29 is 42.5 Å². The minimum Gasteiger partial charge on any atom is -0.748 e. The van der Waals surface area contributed by atoms with E-state index in [1.54, 1.807) is 0 Å². The van der Waals surface area contributed by atoms with Gasteiger partial charge >= 0.3 is 29.6 Å². The van der Waals surface area contributed by atoms with Gasteiger partial charge in [-0.25, -0.2) is 8.42 Å². The van der Waals surface area contributed by atoms with Gasteiger partial charge in [0.15, 0.2) is 0 Å². The Morgan fingerprint density at radius 1 is 1.25 bits per heavy atom. The maximum atomic E-state index is 10.6. The van der Waals surface area contributed by atoms with Crippen LogP contribution in [0.2, 0.25) is 0 Å². The normalized spacial score (nSPS) is 30.8. The summed E-state index contributed by atoms with van der Waals surface area (Å²) in [6.07, 6.45) is 2.81. The van der Waals surface area contributed by atoms with Crippen LogP contribution >= 0.6 is 11.6 Å². The van der Waals surface area contributed by atoms with E-state index in [0.29, 0.717) is 12.8 Å². The van der Waals surface area contributed by atoms with Crippen LogP contribution in [0.1, 0.15) is 25.7 Å². The van der Waals surface area contributed by atoms with Gasteiger partial charge in [0, 0.05) is 5.38 Å². The smallest absolute Gasteiger partial charge is 0.748 e. The molecule has 0 radical (unpaired) electrons. The molecular weight excluding hydrogens is 211 g/mol. The second-order valence-corrected chi connectivity index (χ2v) is 4.98. The Morgan fingerprint density at radius 3 is 2.08 bits per heavy atom. The number of alkyl halides is 1. The van der Waals surface area contributed by atoms with Gasteiger partial charge in [-0.15, -0.1) is 11.6 Å². The fourth-order valence-electron chi connectivity index (χ4n) is 1.38. The monoisotopic (exact) mass is 220 g/mol. The van der Waals surface area contributed by atoms with Crippen LogP contribution in [0.5, 0.6) is 0 Å². The van der Waals surface area contributed by atoms with Crippen LogP contribution in [0.15, 0.2) is 0 Å². The van der Waals surface area contributed by atoms with E-state index in [-0.39, 0.29) is 29.6 Å². The van der Waals surface area contributed by atoms with Crippen LogP contribution in [-0.4, -0.2) is 23.6 Å². The molecule has 1 rings (SSSR count). The number of rotatable bonds is 1. The van der Waals surface area contributed by atoms with Gasteiger partial charge in [-0.1, -0.05) is 12.8 Å². The van der Waals surface area contributed by atoms with E-state index in [1.807, 2.05) is 0 Å². The quantitative estimate of drug-likeness (QED) is 0.294. The number of halogens is 1. The molecule has 0 saturated heterocycles. The topological polar surface area (TPSA) is 57.2 Å². The summed E-state index contributed by atoms with van der Waals surface area (Å²) in [6, 6.07) is 0. The predicted molar refractivity (Wildman–Crippen MR) is 41.6 cm³/mol. The third-order valence-electron chi connectivity index (χ3n) is 1.99. The second kappa shape index (κ2) is 5.17. The minimum absolute atomic E-state index is 0. The Bertz CT molecular complexity index is 229. The summed E-state index contributed by atoms with van der Waals surface area (Å²) >= 11 is 5.69. The van der Waals surface area contributed by atoms with Crippen LogP contribution in [0.3, 0.4) is 0 Å². The maximum Gasteiger partial charge on any atom is 1.00 e. The van der Waals surface area contributed by atoms with Gasteiger partial charge in [0.2, 0.25) is 0 Å². The van der Waals surface area contributed by atoms with Crippen molar-refractivity contribution in [2.24, 2.45) is 0 Å². The fourth-order valence-corrected chi connectivity index (χ4v) is 2.99. The fraction of sp³-hybridized carbons (Fsp3) is 1.00. The van der Waals surface area contributed by atoms with Crippen molar-refractivity contribution in [2.45, 2.75) is 36.3 Å². The molecule has 0 aliphatic heterocycles. The zero-order valence-electron chi connectivity index (χ0n) is 6.99. The molecule has 1 fully saturated rings. The molecular formula is C6H10ClNaO3S. The first kappa shape index (κ1) is 13.2. The van der Waals surface area contributed by atoms with E-state index in [2.05, 4.69) is 0 Å². The van der Waals surface area contributed by atoms with Crippen molar-refractivity contribution in [2.75, 3.05) is 0 Å². The molecule has 66 valence electrons. The first-order chi connectivity index (χ1) is 5.02. The van der Waals surface area contributed by atoms with Gasteiger partial charge in [0.25, 0.3) is 0 Å². The molecule has 0 heterocycles. The molecule has 0 aromatic carbocycles. The van der Waals surface area contributed by atoms with Crippen molar-refractivity contribution in [3.05, 3.63) is 0 Å². The summed E-state index contributed by atoms with van der Waals surface area (Å²) in [7, 11) is -4.16. The maximum absolute atomic E-state index is 10.6.